The SMILES string of the molecule is Cc1[c-]cccc1.[V+2]. The Morgan fingerprint density at radius 1 is 1.38 bits per heavy atom. The molecule has 1 aromatic rings. The van der Waals surface area contributed by atoms with Crippen molar-refractivity contribution in [1.82, 2.24) is 0 Å². The van der Waals surface area contributed by atoms with Gasteiger partial charge in [-0.25, -0.2) is 0 Å². The molecule has 0 bridgehead atoms. The maximum Gasteiger partial charge on any atom is 2.00 e. The van der Waals surface area contributed by atoms with Gasteiger partial charge in [0.15, 0.2) is 0 Å². The van der Waals surface area contributed by atoms with Gasteiger partial charge in [-0.1, -0.05) is 6.92 Å². The molecule has 0 spiro atoms. The molecule has 39 valence electrons. The van der Waals surface area contributed by atoms with Gasteiger partial charge in [-0.2, -0.15) is 35.9 Å². The van der Waals surface area contributed by atoms with E-state index in [9.17, 15) is 0 Å². The molecule has 0 fully saturated rings. The molecule has 0 nitrogen and oxygen atoms in total. The molecule has 1 rings (SSSR count). The summed E-state index contributed by atoms with van der Waals surface area (Å²) in [7, 11) is 0. The molecular formula is C7H7V+. The van der Waals surface area contributed by atoms with Crippen LogP contribution in [0.25, 0.3) is 0 Å². The van der Waals surface area contributed by atoms with Crippen LogP contribution < -0.4 is 0 Å². The summed E-state index contributed by atoms with van der Waals surface area (Å²) in [5.74, 6) is 0. The first-order valence-electron chi connectivity index (χ1n) is 2.33. The molecule has 0 atom stereocenters. The molecule has 8 heavy (non-hydrogen) atoms. The second-order valence-corrected chi connectivity index (χ2v) is 1.55. The van der Waals surface area contributed by atoms with Crippen molar-refractivity contribution in [2.24, 2.45) is 0 Å². The van der Waals surface area contributed by atoms with Crippen LogP contribution in [-0.4, -0.2) is 0 Å². The van der Waals surface area contributed by atoms with Crippen LogP contribution >= 0.6 is 0 Å². The third-order valence-corrected chi connectivity index (χ3v) is 0.865. The molecule has 0 aliphatic carbocycles. The van der Waals surface area contributed by atoms with E-state index in [0.717, 1.165) is 0 Å². The smallest absolute Gasteiger partial charge is 0.181 e. The van der Waals surface area contributed by atoms with E-state index in [-0.39, 0.29) is 18.6 Å². The number of aryl methyl sites for hydroxylation is 1. The average molecular weight is 142 g/mol. The van der Waals surface area contributed by atoms with Gasteiger partial charge in [-0.15, -0.1) is 0 Å². The molecule has 0 heterocycles. The zero-order valence-electron chi connectivity index (χ0n) is 4.76. The monoisotopic (exact) mass is 142 g/mol. The van der Waals surface area contributed by atoms with Gasteiger partial charge in [0.1, 0.15) is 0 Å². The second-order valence-electron chi connectivity index (χ2n) is 1.55. The van der Waals surface area contributed by atoms with Gasteiger partial charge in [0.05, 0.1) is 0 Å². The van der Waals surface area contributed by atoms with E-state index in [2.05, 4.69) is 6.07 Å². The van der Waals surface area contributed by atoms with E-state index in [1.807, 2.05) is 31.2 Å². The topological polar surface area (TPSA) is 0 Å². The summed E-state index contributed by atoms with van der Waals surface area (Å²) < 4.78 is 0. The van der Waals surface area contributed by atoms with E-state index in [4.69, 9.17) is 0 Å². The minimum atomic E-state index is 0. The molecule has 0 saturated heterocycles. The summed E-state index contributed by atoms with van der Waals surface area (Å²) in [6, 6.07) is 10.9. The largest absolute Gasteiger partial charge is 2.00 e. The third kappa shape index (κ3) is 2.20. The fraction of sp³-hybridized carbons (Fsp3) is 0.143. The Balaban J connectivity index is 0.000000490. The van der Waals surface area contributed by atoms with E-state index < -0.39 is 0 Å². The van der Waals surface area contributed by atoms with Crippen molar-refractivity contribution >= 4 is 0 Å². The van der Waals surface area contributed by atoms with Crippen molar-refractivity contribution in [3.63, 3.8) is 0 Å². The van der Waals surface area contributed by atoms with Gasteiger partial charge >= 0.3 is 18.6 Å². The van der Waals surface area contributed by atoms with Crippen LogP contribution in [0.3, 0.4) is 0 Å². The third-order valence-electron chi connectivity index (χ3n) is 0.865. The van der Waals surface area contributed by atoms with Crippen LogP contribution in [0, 0.1) is 13.0 Å². The van der Waals surface area contributed by atoms with Crippen LogP contribution in [0.15, 0.2) is 24.3 Å². The first kappa shape index (κ1) is 7.80. The van der Waals surface area contributed by atoms with Crippen molar-refractivity contribution in [1.29, 1.82) is 0 Å². The average Bonchev–Trinajstić information content (AvgIpc) is 1.69. The number of hydrogen-bond acceptors (Lipinski definition) is 0. The van der Waals surface area contributed by atoms with Crippen molar-refractivity contribution in [2.45, 2.75) is 6.92 Å². The van der Waals surface area contributed by atoms with Gasteiger partial charge in [0.2, 0.25) is 0 Å². The summed E-state index contributed by atoms with van der Waals surface area (Å²) in [4.78, 5) is 0. The van der Waals surface area contributed by atoms with Gasteiger partial charge in [-0.3, -0.25) is 0 Å². The molecule has 0 unspecified atom stereocenters. The molecule has 0 saturated carbocycles. The molecule has 0 aliphatic rings. The maximum atomic E-state index is 3.03. The Morgan fingerprint density at radius 2 is 2.12 bits per heavy atom. The van der Waals surface area contributed by atoms with Crippen molar-refractivity contribution in [3.05, 3.63) is 35.9 Å². The zero-order valence-corrected chi connectivity index (χ0v) is 6.15. The first-order valence-corrected chi connectivity index (χ1v) is 2.33. The summed E-state index contributed by atoms with van der Waals surface area (Å²) in [6.07, 6.45) is 0. The molecule has 0 N–H and O–H groups in total. The molecule has 0 aliphatic heterocycles. The fourth-order valence-corrected chi connectivity index (χ4v) is 0.483. The Morgan fingerprint density at radius 3 is 2.38 bits per heavy atom. The van der Waals surface area contributed by atoms with Crippen molar-refractivity contribution in [3.8, 4) is 0 Å². The van der Waals surface area contributed by atoms with Crippen LogP contribution in [-0.2, 0) is 18.6 Å². The number of benzene rings is 1. The Bertz CT molecular complexity index is 134. The minimum absolute atomic E-state index is 0. The van der Waals surface area contributed by atoms with Crippen molar-refractivity contribution < 1.29 is 18.6 Å². The summed E-state index contributed by atoms with van der Waals surface area (Å²) in [6.45, 7) is 2.03. The molecule has 0 aromatic heterocycles. The molecule has 0 amide bonds. The maximum absolute atomic E-state index is 3.03. The summed E-state index contributed by atoms with van der Waals surface area (Å²) in [5.41, 5.74) is 1.20. The summed E-state index contributed by atoms with van der Waals surface area (Å²) >= 11 is 0. The first-order chi connectivity index (χ1) is 3.39. The normalized spacial score (nSPS) is 7.62. The van der Waals surface area contributed by atoms with E-state index in [0.29, 0.717) is 0 Å². The Kier molecular flexibility index (Phi) is 3.67. The minimum Gasteiger partial charge on any atom is -0.181 e. The number of hydrogen-bond donors (Lipinski definition) is 0. The molecule has 1 radical (unpaired) electrons. The Hall–Kier alpha value is -0.196. The number of rotatable bonds is 0. The summed E-state index contributed by atoms with van der Waals surface area (Å²) in [5, 5.41) is 0. The fourth-order valence-electron chi connectivity index (χ4n) is 0.483. The van der Waals surface area contributed by atoms with E-state index in [1.165, 1.54) is 5.56 Å². The molecular weight excluding hydrogens is 135 g/mol. The second kappa shape index (κ2) is 3.76. The van der Waals surface area contributed by atoms with Gasteiger partial charge in [0, 0.05) is 0 Å². The quantitative estimate of drug-likeness (QED) is 0.484. The van der Waals surface area contributed by atoms with Crippen LogP contribution in [0.2, 0.25) is 0 Å². The van der Waals surface area contributed by atoms with Crippen LogP contribution in [0.1, 0.15) is 5.56 Å². The van der Waals surface area contributed by atoms with Crippen LogP contribution in [0.5, 0.6) is 0 Å². The zero-order chi connectivity index (χ0) is 5.11. The molecule has 1 heteroatoms. The standard InChI is InChI=1S/C7H7.V/c1-7-5-3-2-4-6-7;/h2-5H,1H3;/q-1;+2. The van der Waals surface area contributed by atoms with Gasteiger partial charge in [0.25, 0.3) is 0 Å². The van der Waals surface area contributed by atoms with E-state index in [1.54, 1.807) is 0 Å². The molecule has 1 aromatic carbocycles. The van der Waals surface area contributed by atoms with Gasteiger partial charge in [-0.05, 0) is 0 Å². The van der Waals surface area contributed by atoms with Crippen LogP contribution in [0.4, 0.5) is 0 Å². The predicted octanol–water partition coefficient (Wildman–Crippen LogP) is 1.79. The van der Waals surface area contributed by atoms with E-state index >= 15 is 0 Å². The predicted molar refractivity (Wildman–Crippen MR) is 30.0 cm³/mol. The van der Waals surface area contributed by atoms with Crippen molar-refractivity contribution in [2.75, 3.05) is 0 Å². The Labute approximate surface area is 61.8 Å². The van der Waals surface area contributed by atoms with Gasteiger partial charge < -0.3 is 0 Å².